The van der Waals surface area contributed by atoms with Crippen molar-refractivity contribution in [1.82, 2.24) is 5.32 Å². The summed E-state index contributed by atoms with van der Waals surface area (Å²) >= 11 is 0. The summed E-state index contributed by atoms with van der Waals surface area (Å²) in [4.78, 5) is 0. The van der Waals surface area contributed by atoms with E-state index in [4.69, 9.17) is 9.47 Å². The van der Waals surface area contributed by atoms with Crippen LogP contribution >= 0.6 is 0 Å². The van der Waals surface area contributed by atoms with Crippen LogP contribution in [0.15, 0.2) is 30.4 Å². The predicted octanol–water partition coefficient (Wildman–Crippen LogP) is 2.37. The third-order valence-electron chi connectivity index (χ3n) is 2.24. The van der Waals surface area contributed by atoms with Crippen molar-refractivity contribution in [3.8, 4) is 11.5 Å². The van der Waals surface area contributed by atoms with Gasteiger partial charge in [0.1, 0.15) is 11.5 Å². The highest BCUT2D eigenvalue weighted by Crippen LogP contribution is 2.24. The van der Waals surface area contributed by atoms with Crippen LogP contribution in [0.5, 0.6) is 11.5 Å². The molecule has 1 aromatic carbocycles. The van der Waals surface area contributed by atoms with E-state index in [2.05, 4.69) is 11.9 Å². The number of nitrogens with one attached hydrogen (secondary N) is 1. The van der Waals surface area contributed by atoms with Crippen molar-refractivity contribution in [2.75, 3.05) is 20.8 Å². The lowest BCUT2D eigenvalue weighted by Crippen LogP contribution is -2.15. The van der Waals surface area contributed by atoms with Crippen LogP contribution in [0, 0.1) is 0 Å². The second kappa shape index (κ2) is 6.18. The Morgan fingerprint density at radius 1 is 1.31 bits per heavy atom. The first kappa shape index (κ1) is 12.6. The molecule has 0 spiro atoms. The molecule has 0 saturated heterocycles. The van der Waals surface area contributed by atoms with Crippen LogP contribution in [0.25, 0.3) is 0 Å². The Kier molecular flexibility index (Phi) is 4.86. The van der Waals surface area contributed by atoms with Crippen LogP contribution < -0.4 is 14.8 Å². The summed E-state index contributed by atoms with van der Waals surface area (Å²) in [6.45, 7) is 7.42. The molecule has 0 aliphatic heterocycles. The lowest BCUT2D eigenvalue weighted by atomic mass is 10.2. The summed E-state index contributed by atoms with van der Waals surface area (Å²) in [6, 6.07) is 5.82. The molecular formula is C13H19NO2. The van der Waals surface area contributed by atoms with Crippen molar-refractivity contribution >= 4 is 0 Å². The first-order valence-electron chi connectivity index (χ1n) is 5.23. The molecule has 88 valence electrons. The van der Waals surface area contributed by atoms with Gasteiger partial charge in [0.15, 0.2) is 0 Å². The predicted molar refractivity (Wildman–Crippen MR) is 66.1 cm³/mol. The fourth-order valence-corrected chi connectivity index (χ4v) is 1.41. The van der Waals surface area contributed by atoms with Crippen LogP contribution in [-0.4, -0.2) is 20.8 Å². The van der Waals surface area contributed by atoms with Gasteiger partial charge in [0, 0.05) is 24.7 Å². The highest BCUT2D eigenvalue weighted by Gasteiger charge is 2.04. The van der Waals surface area contributed by atoms with Gasteiger partial charge in [-0.05, 0) is 13.0 Å². The lowest BCUT2D eigenvalue weighted by Gasteiger charge is -2.11. The van der Waals surface area contributed by atoms with Gasteiger partial charge >= 0.3 is 0 Å². The molecule has 0 unspecified atom stereocenters. The van der Waals surface area contributed by atoms with E-state index in [1.807, 2.05) is 25.1 Å². The standard InChI is InChI=1S/C13H19NO2/c1-10(2)8-14-9-11-5-6-12(15-3)7-13(11)16-4/h5-7,14H,1,8-9H2,2-4H3. The SMILES string of the molecule is C=C(C)CNCc1ccc(OC)cc1OC. The molecule has 0 saturated carbocycles. The molecule has 1 aromatic rings. The second-order valence-corrected chi connectivity index (χ2v) is 3.74. The quantitative estimate of drug-likeness (QED) is 0.748. The Balaban J connectivity index is 2.68. The number of methoxy groups -OCH3 is 2. The van der Waals surface area contributed by atoms with E-state index in [-0.39, 0.29) is 0 Å². The number of rotatable bonds is 6. The lowest BCUT2D eigenvalue weighted by molar-refractivity contribution is 0.390. The van der Waals surface area contributed by atoms with Gasteiger partial charge in [-0.3, -0.25) is 0 Å². The third kappa shape index (κ3) is 3.59. The first-order chi connectivity index (χ1) is 7.67. The van der Waals surface area contributed by atoms with E-state index in [9.17, 15) is 0 Å². The van der Waals surface area contributed by atoms with E-state index in [1.165, 1.54) is 0 Å². The van der Waals surface area contributed by atoms with E-state index < -0.39 is 0 Å². The van der Waals surface area contributed by atoms with Crippen LogP contribution in [0.1, 0.15) is 12.5 Å². The first-order valence-corrected chi connectivity index (χ1v) is 5.23. The third-order valence-corrected chi connectivity index (χ3v) is 2.24. The minimum Gasteiger partial charge on any atom is -0.497 e. The molecule has 0 aromatic heterocycles. The van der Waals surface area contributed by atoms with Gasteiger partial charge in [0.05, 0.1) is 14.2 Å². The molecule has 1 rings (SSSR count). The normalized spacial score (nSPS) is 9.94. The Bertz CT molecular complexity index is 361. The van der Waals surface area contributed by atoms with Crippen molar-refractivity contribution in [1.29, 1.82) is 0 Å². The maximum Gasteiger partial charge on any atom is 0.127 e. The Labute approximate surface area is 97.1 Å². The monoisotopic (exact) mass is 221 g/mol. The topological polar surface area (TPSA) is 30.5 Å². The molecule has 0 fully saturated rings. The molecule has 3 heteroatoms. The van der Waals surface area contributed by atoms with Gasteiger partial charge in [-0.15, -0.1) is 0 Å². The molecule has 0 bridgehead atoms. The summed E-state index contributed by atoms with van der Waals surface area (Å²) in [5.41, 5.74) is 2.23. The zero-order valence-corrected chi connectivity index (χ0v) is 10.2. The summed E-state index contributed by atoms with van der Waals surface area (Å²) < 4.78 is 10.4. The molecule has 0 amide bonds. The van der Waals surface area contributed by atoms with Crippen molar-refractivity contribution in [2.45, 2.75) is 13.5 Å². The van der Waals surface area contributed by atoms with Crippen molar-refractivity contribution < 1.29 is 9.47 Å². The van der Waals surface area contributed by atoms with E-state index >= 15 is 0 Å². The molecular weight excluding hydrogens is 202 g/mol. The molecule has 1 N–H and O–H groups in total. The summed E-state index contributed by atoms with van der Waals surface area (Å²) in [5, 5.41) is 3.29. The number of benzene rings is 1. The van der Waals surface area contributed by atoms with E-state index in [1.54, 1.807) is 14.2 Å². The fourth-order valence-electron chi connectivity index (χ4n) is 1.41. The maximum atomic E-state index is 5.30. The van der Waals surface area contributed by atoms with Crippen molar-refractivity contribution in [3.63, 3.8) is 0 Å². The van der Waals surface area contributed by atoms with Gasteiger partial charge in [0.25, 0.3) is 0 Å². The zero-order chi connectivity index (χ0) is 12.0. The summed E-state index contributed by atoms with van der Waals surface area (Å²) in [5.74, 6) is 1.65. The van der Waals surface area contributed by atoms with Crippen LogP contribution in [-0.2, 0) is 6.54 Å². The summed E-state index contributed by atoms with van der Waals surface area (Å²) in [7, 11) is 3.31. The van der Waals surface area contributed by atoms with Gasteiger partial charge in [0.2, 0.25) is 0 Å². The Morgan fingerprint density at radius 2 is 2.06 bits per heavy atom. The average Bonchev–Trinajstić information content (AvgIpc) is 2.29. The molecule has 0 atom stereocenters. The smallest absolute Gasteiger partial charge is 0.127 e. The molecule has 0 radical (unpaired) electrons. The molecule has 3 nitrogen and oxygen atoms in total. The van der Waals surface area contributed by atoms with E-state index in [0.717, 1.165) is 35.7 Å². The minimum absolute atomic E-state index is 0.764. The largest absolute Gasteiger partial charge is 0.497 e. The Morgan fingerprint density at radius 3 is 2.62 bits per heavy atom. The van der Waals surface area contributed by atoms with Crippen molar-refractivity contribution in [3.05, 3.63) is 35.9 Å². The molecule has 0 aliphatic rings. The zero-order valence-electron chi connectivity index (χ0n) is 10.2. The van der Waals surface area contributed by atoms with Gasteiger partial charge < -0.3 is 14.8 Å². The highest BCUT2D eigenvalue weighted by atomic mass is 16.5. The fraction of sp³-hybridized carbons (Fsp3) is 0.385. The molecule has 0 heterocycles. The van der Waals surface area contributed by atoms with Gasteiger partial charge in [-0.1, -0.05) is 18.2 Å². The van der Waals surface area contributed by atoms with Crippen LogP contribution in [0.4, 0.5) is 0 Å². The number of hydrogen-bond acceptors (Lipinski definition) is 3. The molecule has 16 heavy (non-hydrogen) atoms. The molecule has 0 aliphatic carbocycles. The maximum absolute atomic E-state index is 5.30. The second-order valence-electron chi connectivity index (χ2n) is 3.74. The Hall–Kier alpha value is -1.48. The minimum atomic E-state index is 0.764. The van der Waals surface area contributed by atoms with Gasteiger partial charge in [-0.2, -0.15) is 0 Å². The summed E-state index contributed by atoms with van der Waals surface area (Å²) in [6.07, 6.45) is 0. The number of hydrogen-bond donors (Lipinski definition) is 1. The number of ether oxygens (including phenoxy) is 2. The highest BCUT2D eigenvalue weighted by molar-refractivity contribution is 5.40. The average molecular weight is 221 g/mol. The van der Waals surface area contributed by atoms with Gasteiger partial charge in [-0.25, -0.2) is 0 Å². The van der Waals surface area contributed by atoms with E-state index in [0.29, 0.717) is 0 Å². The van der Waals surface area contributed by atoms with Crippen LogP contribution in [0.2, 0.25) is 0 Å². The van der Waals surface area contributed by atoms with Crippen molar-refractivity contribution in [2.24, 2.45) is 0 Å². The van der Waals surface area contributed by atoms with Crippen LogP contribution in [0.3, 0.4) is 0 Å².